The van der Waals surface area contributed by atoms with Crippen molar-refractivity contribution in [3.63, 3.8) is 0 Å². The largest absolute Gasteiger partial charge is 0.393 e. The molecule has 0 saturated heterocycles. The standard InChI is InChI=1S/C11H17N5O/c1-2-8(17)3-4-13-10-11-14-5-6-16(11)7-9(12)15-10/h5-8,17H,2-4,12H2,1H3,(H,13,15). The van der Waals surface area contributed by atoms with Crippen molar-refractivity contribution in [2.24, 2.45) is 0 Å². The van der Waals surface area contributed by atoms with Crippen LogP contribution in [0.1, 0.15) is 19.8 Å². The van der Waals surface area contributed by atoms with Crippen molar-refractivity contribution < 1.29 is 5.11 Å². The number of anilines is 2. The number of nitrogens with one attached hydrogen (secondary N) is 1. The SMILES string of the molecule is CCC(O)CCNc1nc(N)cn2ccnc12. The smallest absolute Gasteiger partial charge is 0.180 e. The lowest BCUT2D eigenvalue weighted by atomic mass is 10.2. The van der Waals surface area contributed by atoms with Crippen LogP contribution in [0.3, 0.4) is 0 Å². The van der Waals surface area contributed by atoms with Gasteiger partial charge in [-0.15, -0.1) is 0 Å². The van der Waals surface area contributed by atoms with Gasteiger partial charge in [-0.1, -0.05) is 6.92 Å². The molecule has 17 heavy (non-hydrogen) atoms. The molecule has 0 aliphatic heterocycles. The Hall–Kier alpha value is -1.82. The molecule has 2 aromatic rings. The molecule has 2 aromatic heterocycles. The molecule has 4 N–H and O–H groups in total. The molecule has 0 aliphatic rings. The van der Waals surface area contributed by atoms with Crippen molar-refractivity contribution in [2.75, 3.05) is 17.6 Å². The summed E-state index contributed by atoms with van der Waals surface area (Å²) < 4.78 is 1.82. The number of hydrogen-bond acceptors (Lipinski definition) is 5. The summed E-state index contributed by atoms with van der Waals surface area (Å²) in [4.78, 5) is 8.40. The summed E-state index contributed by atoms with van der Waals surface area (Å²) in [6.07, 6.45) is 6.39. The summed E-state index contributed by atoms with van der Waals surface area (Å²) in [6.45, 7) is 2.60. The van der Waals surface area contributed by atoms with Crippen molar-refractivity contribution in [3.8, 4) is 0 Å². The summed E-state index contributed by atoms with van der Waals surface area (Å²) in [7, 11) is 0. The number of fused-ring (bicyclic) bond motifs is 1. The Bertz CT molecular complexity index is 496. The number of aliphatic hydroxyl groups is 1. The minimum atomic E-state index is -0.278. The third kappa shape index (κ3) is 2.65. The lowest BCUT2D eigenvalue weighted by Gasteiger charge is -2.10. The number of aliphatic hydroxyl groups excluding tert-OH is 1. The number of hydrogen-bond donors (Lipinski definition) is 3. The van der Waals surface area contributed by atoms with Gasteiger partial charge in [-0.2, -0.15) is 0 Å². The van der Waals surface area contributed by atoms with E-state index in [2.05, 4.69) is 15.3 Å². The summed E-state index contributed by atoms with van der Waals surface area (Å²) in [5, 5.41) is 12.6. The predicted octanol–water partition coefficient (Wildman–Crippen LogP) is 0.884. The fraction of sp³-hybridized carbons (Fsp3) is 0.455. The maximum Gasteiger partial charge on any atom is 0.180 e. The van der Waals surface area contributed by atoms with Crippen molar-refractivity contribution >= 4 is 17.3 Å². The second-order valence-corrected chi connectivity index (χ2v) is 3.95. The maximum atomic E-state index is 9.46. The van der Waals surface area contributed by atoms with Gasteiger partial charge in [-0.05, 0) is 12.8 Å². The van der Waals surface area contributed by atoms with Crippen molar-refractivity contribution in [1.29, 1.82) is 0 Å². The van der Waals surface area contributed by atoms with Crippen LogP contribution in [0.2, 0.25) is 0 Å². The van der Waals surface area contributed by atoms with Crippen LogP contribution in [-0.2, 0) is 0 Å². The Morgan fingerprint density at radius 3 is 3.18 bits per heavy atom. The quantitative estimate of drug-likeness (QED) is 0.716. The van der Waals surface area contributed by atoms with Crippen LogP contribution in [0.4, 0.5) is 11.6 Å². The average molecular weight is 235 g/mol. The van der Waals surface area contributed by atoms with Gasteiger partial charge in [0.15, 0.2) is 11.5 Å². The van der Waals surface area contributed by atoms with E-state index in [1.165, 1.54) is 0 Å². The normalized spacial score (nSPS) is 12.8. The molecule has 0 aliphatic carbocycles. The van der Waals surface area contributed by atoms with E-state index in [9.17, 15) is 5.11 Å². The Morgan fingerprint density at radius 1 is 1.59 bits per heavy atom. The van der Waals surface area contributed by atoms with Gasteiger partial charge in [0, 0.05) is 18.9 Å². The lowest BCUT2D eigenvalue weighted by Crippen LogP contribution is -2.14. The molecular formula is C11H17N5O. The van der Waals surface area contributed by atoms with Crippen LogP contribution in [0.25, 0.3) is 5.65 Å². The third-order valence-electron chi connectivity index (χ3n) is 2.63. The molecular weight excluding hydrogens is 218 g/mol. The Balaban J connectivity index is 2.09. The fourth-order valence-electron chi connectivity index (χ4n) is 1.63. The first-order valence-corrected chi connectivity index (χ1v) is 5.72. The van der Waals surface area contributed by atoms with Gasteiger partial charge in [0.2, 0.25) is 0 Å². The van der Waals surface area contributed by atoms with Crippen molar-refractivity contribution in [2.45, 2.75) is 25.9 Å². The average Bonchev–Trinajstić information content (AvgIpc) is 2.76. The molecule has 1 atom stereocenters. The van der Waals surface area contributed by atoms with Gasteiger partial charge in [-0.3, -0.25) is 0 Å². The Morgan fingerprint density at radius 2 is 2.41 bits per heavy atom. The minimum Gasteiger partial charge on any atom is -0.393 e. The number of imidazole rings is 1. The zero-order chi connectivity index (χ0) is 12.3. The first-order valence-electron chi connectivity index (χ1n) is 5.72. The van der Waals surface area contributed by atoms with Gasteiger partial charge in [-0.25, -0.2) is 9.97 Å². The molecule has 0 spiro atoms. The first kappa shape index (κ1) is 11.7. The highest BCUT2D eigenvalue weighted by Gasteiger charge is 2.06. The molecule has 92 valence electrons. The van der Waals surface area contributed by atoms with Crippen LogP contribution in [0.15, 0.2) is 18.6 Å². The number of aromatic nitrogens is 3. The molecule has 0 fully saturated rings. The van der Waals surface area contributed by atoms with Gasteiger partial charge < -0.3 is 20.6 Å². The Labute approximate surface area is 99.5 Å². The highest BCUT2D eigenvalue weighted by molar-refractivity contribution is 5.64. The number of nitrogens with two attached hydrogens (primary N) is 1. The van der Waals surface area contributed by atoms with Crippen LogP contribution >= 0.6 is 0 Å². The van der Waals surface area contributed by atoms with E-state index in [4.69, 9.17) is 5.73 Å². The first-order chi connectivity index (χ1) is 8.20. The van der Waals surface area contributed by atoms with Crippen LogP contribution in [-0.4, -0.2) is 32.1 Å². The van der Waals surface area contributed by atoms with Crippen LogP contribution in [0, 0.1) is 0 Å². The second-order valence-electron chi connectivity index (χ2n) is 3.95. The van der Waals surface area contributed by atoms with E-state index in [0.717, 1.165) is 12.1 Å². The van der Waals surface area contributed by atoms with Crippen molar-refractivity contribution in [1.82, 2.24) is 14.4 Å². The molecule has 0 radical (unpaired) electrons. The van der Waals surface area contributed by atoms with E-state index in [-0.39, 0.29) is 6.10 Å². The fourth-order valence-corrected chi connectivity index (χ4v) is 1.63. The molecule has 6 heteroatoms. The summed E-state index contributed by atoms with van der Waals surface area (Å²) in [5.41, 5.74) is 6.43. The highest BCUT2D eigenvalue weighted by atomic mass is 16.3. The molecule has 1 unspecified atom stereocenters. The third-order valence-corrected chi connectivity index (χ3v) is 2.63. The van der Waals surface area contributed by atoms with Gasteiger partial charge in [0.1, 0.15) is 5.82 Å². The zero-order valence-electron chi connectivity index (χ0n) is 9.80. The molecule has 0 bridgehead atoms. The van der Waals surface area contributed by atoms with E-state index >= 15 is 0 Å². The topological polar surface area (TPSA) is 88.5 Å². The maximum absolute atomic E-state index is 9.46. The molecule has 2 heterocycles. The minimum absolute atomic E-state index is 0.278. The lowest BCUT2D eigenvalue weighted by molar-refractivity contribution is 0.164. The van der Waals surface area contributed by atoms with E-state index in [1.54, 1.807) is 12.4 Å². The summed E-state index contributed by atoms with van der Waals surface area (Å²) in [6, 6.07) is 0. The van der Waals surface area contributed by atoms with Crippen LogP contribution < -0.4 is 11.1 Å². The monoisotopic (exact) mass is 235 g/mol. The molecule has 0 amide bonds. The molecule has 2 rings (SSSR count). The van der Waals surface area contributed by atoms with Crippen LogP contribution in [0.5, 0.6) is 0 Å². The predicted molar refractivity (Wildman–Crippen MR) is 66.8 cm³/mol. The number of nitrogen functional groups attached to an aromatic ring is 1. The van der Waals surface area contributed by atoms with Gasteiger partial charge >= 0.3 is 0 Å². The number of rotatable bonds is 5. The van der Waals surface area contributed by atoms with Gasteiger partial charge in [0.05, 0.1) is 12.3 Å². The van der Waals surface area contributed by atoms with E-state index in [1.807, 2.05) is 17.5 Å². The zero-order valence-corrected chi connectivity index (χ0v) is 9.80. The molecule has 6 nitrogen and oxygen atoms in total. The second kappa shape index (κ2) is 5.01. The highest BCUT2D eigenvalue weighted by Crippen LogP contribution is 2.14. The van der Waals surface area contributed by atoms with E-state index < -0.39 is 0 Å². The summed E-state index contributed by atoms with van der Waals surface area (Å²) >= 11 is 0. The summed E-state index contributed by atoms with van der Waals surface area (Å²) in [5.74, 6) is 1.09. The van der Waals surface area contributed by atoms with Crippen molar-refractivity contribution in [3.05, 3.63) is 18.6 Å². The number of nitrogens with zero attached hydrogens (tertiary/aromatic N) is 3. The Kier molecular flexibility index (Phi) is 3.43. The molecule has 0 aromatic carbocycles. The van der Waals surface area contributed by atoms with Gasteiger partial charge in [0.25, 0.3) is 0 Å². The van der Waals surface area contributed by atoms with E-state index in [0.29, 0.717) is 24.6 Å². The molecule has 0 saturated carbocycles.